The SMILES string of the molecule is CSCCCN1CCC2(CC1)CC(=O)N(Cc1ccc(Cl)cc1)C2. The van der Waals surface area contributed by atoms with Crippen molar-refractivity contribution in [2.24, 2.45) is 5.41 Å². The van der Waals surface area contributed by atoms with Crippen LogP contribution in [-0.4, -0.2) is 53.9 Å². The number of likely N-dealkylation sites (tertiary alicyclic amines) is 2. The van der Waals surface area contributed by atoms with Crippen molar-refractivity contribution in [3.05, 3.63) is 34.9 Å². The van der Waals surface area contributed by atoms with Gasteiger partial charge in [-0.3, -0.25) is 4.79 Å². The number of halogens is 1. The molecule has 0 aliphatic carbocycles. The third-order valence-electron chi connectivity index (χ3n) is 5.43. The number of thioether (sulfide) groups is 1. The smallest absolute Gasteiger partial charge is 0.223 e. The lowest BCUT2D eigenvalue weighted by atomic mass is 9.77. The van der Waals surface area contributed by atoms with Crippen LogP contribution in [0.3, 0.4) is 0 Å². The maximum Gasteiger partial charge on any atom is 0.223 e. The van der Waals surface area contributed by atoms with Crippen LogP contribution in [0.15, 0.2) is 24.3 Å². The van der Waals surface area contributed by atoms with Crippen molar-refractivity contribution < 1.29 is 4.79 Å². The van der Waals surface area contributed by atoms with Gasteiger partial charge < -0.3 is 9.80 Å². The first-order chi connectivity index (χ1) is 11.6. The molecule has 2 heterocycles. The molecule has 0 bridgehead atoms. The monoisotopic (exact) mass is 366 g/mol. The molecule has 0 saturated carbocycles. The molecular formula is C19H27ClN2OS. The van der Waals surface area contributed by atoms with Crippen LogP contribution in [-0.2, 0) is 11.3 Å². The minimum absolute atomic E-state index is 0.222. The highest BCUT2D eigenvalue weighted by atomic mass is 35.5. The van der Waals surface area contributed by atoms with Crippen LogP contribution >= 0.6 is 23.4 Å². The topological polar surface area (TPSA) is 23.6 Å². The van der Waals surface area contributed by atoms with Gasteiger partial charge in [-0.1, -0.05) is 23.7 Å². The van der Waals surface area contributed by atoms with E-state index in [-0.39, 0.29) is 5.41 Å². The summed E-state index contributed by atoms with van der Waals surface area (Å²) in [4.78, 5) is 17.1. The molecule has 1 aromatic rings. The highest BCUT2D eigenvalue weighted by molar-refractivity contribution is 7.98. The maximum absolute atomic E-state index is 12.5. The van der Waals surface area contributed by atoms with Crippen molar-refractivity contribution in [3.8, 4) is 0 Å². The molecule has 1 amide bonds. The van der Waals surface area contributed by atoms with Gasteiger partial charge in [0.1, 0.15) is 0 Å². The number of rotatable bonds is 6. The van der Waals surface area contributed by atoms with Crippen LogP contribution in [0.4, 0.5) is 0 Å². The summed E-state index contributed by atoms with van der Waals surface area (Å²) in [6, 6.07) is 7.85. The Kier molecular flexibility index (Phi) is 6.12. The van der Waals surface area contributed by atoms with Crippen molar-refractivity contribution in [2.45, 2.75) is 32.2 Å². The number of piperidine rings is 1. The average molecular weight is 367 g/mol. The predicted molar refractivity (Wildman–Crippen MR) is 103 cm³/mol. The number of carbonyl (C=O) groups is 1. The lowest BCUT2D eigenvalue weighted by Gasteiger charge is -2.38. The molecule has 3 rings (SSSR count). The Morgan fingerprint density at radius 2 is 1.92 bits per heavy atom. The van der Waals surface area contributed by atoms with E-state index in [0.717, 1.165) is 50.5 Å². The van der Waals surface area contributed by atoms with Crippen LogP contribution in [0.25, 0.3) is 0 Å². The first kappa shape index (κ1) is 18.1. The molecule has 2 aliphatic heterocycles. The Morgan fingerprint density at radius 3 is 2.58 bits per heavy atom. The molecule has 0 radical (unpaired) electrons. The summed E-state index contributed by atoms with van der Waals surface area (Å²) in [5, 5.41) is 0.747. The van der Waals surface area contributed by atoms with Gasteiger partial charge in [-0.15, -0.1) is 0 Å². The molecule has 24 heavy (non-hydrogen) atoms. The second-order valence-corrected chi connectivity index (χ2v) is 8.66. The third-order valence-corrected chi connectivity index (χ3v) is 6.38. The van der Waals surface area contributed by atoms with E-state index in [1.807, 2.05) is 40.9 Å². The number of amides is 1. The zero-order valence-corrected chi connectivity index (χ0v) is 16.0. The number of nitrogens with zero attached hydrogens (tertiary/aromatic N) is 2. The predicted octanol–water partition coefficient (Wildman–Crippen LogP) is 3.91. The van der Waals surface area contributed by atoms with Gasteiger partial charge in [0.2, 0.25) is 5.91 Å². The quantitative estimate of drug-likeness (QED) is 0.713. The van der Waals surface area contributed by atoms with Crippen LogP contribution in [0, 0.1) is 5.41 Å². The molecule has 2 aliphatic rings. The van der Waals surface area contributed by atoms with Gasteiger partial charge in [-0.2, -0.15) is 11.8 Å². The van der Waals surface area contributed by atoms with Crippen LogP contribution < -0.4 is 0 Å². The summed E-state index contributed by atoms with van der Waals surface area (Å²) < 4.78 is 0. The molecule has 5 heteroatoms. The second kappa shape index (κ2) is 8.11. The average Bonchev–Trinajstić information content (AvgIpc) is 2.87. The first-order valence-corrected chi connectivity index (χ1v) is 10.6. The molecule has 132 valence electrons. The number of hydrogen-bond donors (Lipinski definition) is 0. The molecular weight excluding hydrogens is 340 g/mol. The normalized spacial score (nSPS) is 20.9. The Hall–Kier alpha value is -0.710. The van der Waals surface area contributed by atoms with Gasteiger partial charge in [-0.25, -0.2) is 0 Å². The van der Waals surface area contributed by atoms with Gasteiger partial charge >= 0.3 is 0 Å². The molecule has 3 nitrogen and oxygen atoms in total. The summed E-state index contributed by atoms with van der Waals surface area (Å²) in [6.07, 6.45) is 6.50. The fraction of sp³-hybridized carbons (Fsp3) is 0.632. The molecule has 1 aromatic carbocycles. The van der Waals surface area contributed by atoms with E-state index in [1.54, 1.807) is 0 Å². The van der Waals surface area contributed by atoms with Crippen molar-refractivity contribution in [1.82, 2.24) is 9.80 Å². The fourth-order valence-electron chi connectivity index (χ4n) is 3.95. The van der Waals surface area contributed by atoms with E-state index >= 15 is 0 Å². The van der Waals surface area contributed by atoms with Crippen LogP contribution in [0.5, 0.6) is 0 Å². The lowest BCUT2D eigenvalue weighted by Crippen LogP contribution is -2.42. The minimum Gasteiger partial charge on any atom is -0.338 e. The minimum atomic E-state index is 0.222. The summed E-state index contributed by atoms with van der Waals surface area (Å²) in [6.45, 7) is 5.15. The van der Waals surface area contributed by atoms with Crippen LogP contribution in [0.1, 0.15) is 31.2 Å². The van der Waals surface area contributed by atoms with Gasteiger partial charge in [0, 0.05) is 24.5 Å². The number of carbonyl (C=O) groups excluding carboxylic acids is 1. The van der Waals surface area contributed by atoms with E-state index in [1.165, 1.54) is 24.3 Å². The highest BCUT2D eigenvalue weighted by Gasteiger charge is 2.44. The van der Waals surface area contributed by atoms with Gasteiger partial charge in [-0.05, 0) is 74.0 Å². The lowest BCUT2D eigenvalue weighted by molar-refractivity contribution is -0.128. The summed E-state index contributed by atoms with van der Waals surface area (Å²) >= 11 is 7.87. The summed E-state index contributed by atoms with van der Waals surface area (Å²) in [7, 11) is 0. The summed E-state index contributed by atoms with van der Waals surface area (Å²) in [5.41, 5.74) is 1.39. The largest absolute Gasteiger partial charge is 0.338 e. The van der Waals surface area contributed by atoms with E-state index < -0.39 is 0 Å². The zero-order chi connectivity index (χ0) is 17.0. The Labute approximate surface area is 154 Å². The molecule has 0 unspecified atom stereocenters. The molecule has 0 N–H and O–H groups in total. The molecule has 0 aromatic heterocycles. The van der Waals surface area contributed by atoms with Crippen molar-refractivity contribution in [3.63, 3.8) is 0 Å². The molecule has 0 atom stereocenters. The van der Waals surface area contributed by atoms with E-state index in [4.69, 9.17) is 11.6 Å². The van der Waals surface area contributed by atoms with Gasteiger partial charge in [0.05, 0.1) is 0 Å². The molecule has 1 spiro atoms. The Balaban J connectivity index is 1.52. The number of hydrogen-bond acceptors (Lipinski definition) is 3. The van der Waals surface area contributed by atoms with Crippen molar-refractivity contribution >= 4 is 29.3 Å². The fourth-order valence-corrected chi connectivity index (χ4v) is 4.50. The zero-order valence-electron chi connectivity index (χ0n) is 14.5. The highest BCUT2D eigenvalue weighted by Crippen LogP contribution is 2.41. The molecule has 2 fully saturated rings. The van der Waals surface area contributed by atoms with Crippen molar-refractivity contribution in [1.29, 1.82) is 0 Å². The van der Waals surface area contributed by atoms with Gasteiger partial charge in [0.15, 0.2) is 0 Å². The third kappa shape index (κ3) is 4.47. The van der Waals surface area contributed by atoms with Crippen LogP contribution in [0.2, 0.25) is 5.02 Å². The maximum atomic E-state index is 12.5. The van der Waals surface area contributed by atoms with E-state index in [0.29, 0.717) is 5.91 Å². The van der Waals surface area contributed by atoms with E-state index in [9.17, 15) is 4.79 Å². The number of benzene rings is 1. The van der Waals surface area contributed by atoms with Crippen molar-refractivity contribution in [2.75, 3.05) is 38.2 Å². The standard InChI is InChI=1S/C19H27ClN2OS/c1-24-12-2-9-21-10-7-19(8-11-21)13-18(23)22(15-19)14-16-3-5-17(20)6-4-16/h3-6H,2,7-15H2,1H3. The Morgan fingerprint density at radius 1 is 1.21 bits per heavy atom. The Bertz CT molecular complexity index is 555. The first-order valence-electron chi connectivity index (χ1n) is 8.84. The molecule has 2 saturated heterocycles. The second-order valence-electron chi connectivity index (χ2n) is 7.24. The van der Waals surface area contributed by atoms with Gasteiger partial charge in [0.25, 0.3) is 0 Å². The van der Waals surface area contributed by atoms with E-state index in [2.05, 4.69) is 11.2 Å². The summed E-state index contributed by atoms with van der Waals surface area (Å²) in [5.74, 6) is 1.57.